The maximum absolute atomic E-state index is 12.4. The van der Waals surface area contributed by atoms with Crippen LogP contribution < -0.4 is 10.3 Å². The average Bonchev–Trinajstić information content (AvgIpc) is 2.59. The van der Waals surface area contributed by atoms with Gasteiger partial charge in [0.1, 0.15) is 0 Å². The van der Waals surface area contributed by atoms with Crippen LogP contribution in [0.2, 0.25) is 0 Å². The van der Waals surface area contributed by atoms with Crippen molar-refractivity contribution in [3.8, 4) is 0 Å². The number of rotatable bonds is 5. The van der Waals surface area contributed by atoms with E-state index in [-0.39, 0.29) is 17.0 Å². The number of aromatic nitrogens is 1. The van der Waals surface area contributed by atoms with Gasteiger partial charge in [0.25, 0.3) is 5.56 Å². The molecule has 0 amide bonds. The molecule has 0 aliphatic heterocycles. The standard InChI is InChI=1S/C20H22N2O3S/c1-13-5-4-6-18(11-13)26(24,25)21-10-9-17-12-16-8-7-14(2)15(3)19(16)22-20(17)23/h4-8,11-12,21H,9-10H2,1-3H3,(H,22,23). The number of sulfonamides is 1. The number of benzene rings is 2. The highest BCUT2D eigenvalue weighted by Gasteiger charge is 2.14. The molecule has 0 atom stereocenters. The van der Waals surface area contributed by atoms with Crippen molar-refractivity contribution in [2.24, 2.45) is 0 Å². The van der Waals surface area contributed by atoms with Gasteiger partial charge in [0.2, 0.25) is 10.0 Å². The Morgan fingerprint density at radius 1 is 1.04 bits per heavy atom. The van der Waals surface area contributed by atoms with Gasteiger partial charge in [0, 0.05) is 12.1 Å². The summed E-state index contributed by atoms with van der Waals surface area (Å²) in [6.45, 7) is 5.98. The van der Waals surface area contributed by atoms with Gasteiger partial charge < -0.3 is 4.98 Å². The maximum atomic E-state index is 12.4. The number of nitrogens with one attached hydrogen (secondary N) is 2. The monoisotopic (exact) mass is 370 g/mol. The highest BCUT2D eigenvalue weighted by atomic mass is 32.2. The second-order valence-electron chi connectivity index (χ2n) is 6.56. The van der Waals surface area contributed by atoms with E-state index in [2.05, 4.69) is 9.71 Å². The first-order valence-electron chi connectivity index (χ1n) is 8.46. The Morgan fingerprint density at radius 3 is 2.54 bits per heavy atom. The summed E-state index contributed by atoms with van der Waals surface area (Å²) in [7, 11) is -3.58. The first kappa shape index (κ1) is 18.4. The third-order valence-corrected chi connectivity index (χ3v) is 6.07. The molecular formula is C20H22N2O3S. The lowest BCUT2D eigenvalue weighted by Crippen LogP contribution is -2.27. The van der Waals surface area contributed by atoms with E-state index in [1.165, 1.54) is 0 Å². The van der Waals surface area contributed by atoms with E-state index < -0.39 is 10.0 Å². The lowest BCUT2D eigenvalue weighted by molar-refractivity contribution is 0.581. The summed E-state index contributed by atoms with van der Waals surface area (Å²) < 4.78 is 27.3. The molecular weight excluding hydrogens is 348 g/mol. The molecule has 0 spiro atoms. The Kier molecular flexibility index (Phi) is 4.98. The predicted molar refractivity (Wildman–Crippen MR) is 104 cm³/mol. The minimum atomic E-state index is -3.58. The summed E-state index contributed by atoms with van der Waals surface area (Å²) in [5, 5.41) is 0.948. The predicted octanol–water partition coefficient (Wildman–Crippen LogP) is 2.97. The molecule has 0 aliphatic carbocycles. The van der Waals surface area contributed by atoms with Crippen molar-refractivity contribution >= 4 is 20.9 Å². The van der Waals surface area contributed by atoms with E-state index in [0.29, 0.717) is 12.0 Å². The average molecular weight is 370 g/mol. The zero-order valence-corrected chi connectivity index (χ0v) is 15.9. The fourth-order valence-electron chi connectivity index (χ4n) is 2.94. The summed E-state index contributed by atoms with van der Waals surface area (Å²) >= 11 is 0. The van der Waals surface area contributed by atoms with Crippen LogP contribution in [0.5, 0.6) is 0 Å². The van der Waals surface area contributed by atoms with Gasteiger partial charge in [-0.2, -0.15) is 0 Å². The summed E-state index contributed by atoms with van der Waals surface area (Å²) in [4.78, 5) is 15.5. The number of H-pyrrole nitrogens is 1. The number of fused-ring (bicyclic) bond motifs is 1. The fourth-order valence-corrected chi connectivity index (χ4v) is 4.08. The van der Waals surface area contributed by atoms with Crippen LogP contribution in [-0.2, 0) is 16.4 Å². The number of aryl methyl sites for hydroxylation is 3. The Morgan fingerprint density at radius 2 is 1.81 bits per heavy atom. The Balaban J connectivity index is 1.79. The van der Waals surface area contributed by atoms with Crippen molar-refractivity contribution < 1.29 is 8.42 Å². The van der Waals surface area contributed by atoms with Crippen LogP contribution in [-0.4, -0.2) is 19.9 Å². The van der Waals surface area contributed by atoms with Gasteiger partial charge in [-0.25, -0.2) is 13.1 Å². The molecule has 0 aliphatic rings. The van der Waals surface area contributed by atoms with Crippen LogP contribution in [0.4, 0.5) is 0 Å². The van der Waals surface area contributed by atoms with Crippen molar-refractivity contribution in [1.82, 2.24) is 9.71 Å². The third kappa shape index (κ3) is 3.71. The molecule has 0 fully saturated rings. The molecule has 0 saturated carbocycles. The second-order valence-corrected chi connectivity index (χ2v) is 8.33. The minimum Gasteiger partial charge on any atom is -0.321 e. The molecule has 2 aromatic carbocycles. The molecule has 26 heavy (non-hydrogen) atoms. The van der Waals surface area contributed by atoms with Crippen molar-refractivity contribution in [2.75, 3.05) is 6.54 Å². The quantitative estimate of drug-likeness (QED) is 0.725. The normalized spacial score (nSPS) is 11.8. The van der Waals surface area contributed by atoms with Crippen molar-refractivity contribution in [2.45, 2.75) is 32.1 Å². The van der Waals surface area contributed by atoms with Crippen LogP contribution in [0.1, 0.15) is 22.3 Å². The molecule has 2 N–H and O–H groups in total. The Bertz CT molecular complexity index is 1130. The van der Waals surface area contributed by atoms with Crippen LogP contribution in [0.3, 0.4) is 0 Å². The Hall–Kier alpha value is -2.44. The summed E-state index contributed by atoms with van der Waals surface area (Å²) in [6.07, 6.45) is 0.323. The second kappa shape index (κ2) is 7.05. The van der Waals surface area contributed by atoms with Crippen LogP contribution in [0, 0.1) is 20.8 Å². The summed E-state index contributed by atoms with van der Waals surface area (Å²) in [5.74, 6) is 0. The van der Waals surface area contributed by atoms with E-state index in [9.17, 15) is 13.2 Å². The van der Waals surface area contributed by atoms with Crippen LogP contribution in [0.25, 0.3) is 10.9 Å². The maximum Gasteiger partial charge on any atom is 0.251 e. The van der Waals surface area contributed by atoms with Crippen molar-refractivity contribution in [1.29, 1.82) is 0 Å². The molecule has 0 saturated heterocycles. The van der Waals surface area contributed by atoms with Crippen molar-refractivity contribution in [3.63, 3.8) is 0 Å². The molecule has 0 radical (unpaired) electrons. The molecule has 3 rings (SSSR count). The number of aromatic amines is 1. The molecule has 0 unspecified atom stereocenters. The molecule has 1 heterocycles. The molecule has 5 nitrogen and oxygen atoms in total. The van der Waals surface area contributed by atoms with Gasteiger partial charge in [0.15, 0.2) is 0 Å². The van der Waals surface area contributed by atoms with Crippen LogP contribution in [0.15, 0.2) is 52.2 Å². The number of hydrogen-bond acceptors (Lipinski definition) is 3. The summed E-state index contributed by atoms with van der Waals surface area (Å²) in [6, 6.07) is 12.6. The fraction of sp³-hybridized carbons (Fsp3) is 0.250. The molecule has 1 aromatic heterocycles. The van der Waals surface area contributed by atoms with Gasteiger partial charge in [-0.15, -0.1) is 0 Å². The van der Waals surface area contributed by atoms with Crippen molar-refractivity contribution in [3.05, 3.63) is 75.1 Å². The van der Waals surface area contributed by atoms with Gasteiger partial charge in [-0.05, 0) is 67.5 Å². The topological polar surface area (TPSA) is 79.0 Å². The largest absolute Gasteiger partial charge is 0.321 e. The molecule has 136 valence electrons. The van der Waals surface area contributed by atoms with Gasteiger partial charge in [0.05, 0.1) is 10.4 Å². The third-order valence-electron chi connectivity index (χ3n) is 4.61. The lowest BCUT2D eigenvalue weighted by Gasteiger charge is -2.09. The number of hydrogen-bond donors (Lipinski definition) is 2. The zero-order chi connectivity index (χ0) is 18.9. The summed E-state index contributed by atoms with van der Waals surface area (Å²) in [5.41, 5.74) is 4.26. The van der Waals surface area contributed by atoms with Gasteiger partial charge >= 0.3 is 0 Å². The van der Waals surface area contributed by atoms with Crippen LogP contribution >= 0.6 is 0 Å². The molecule has 3 aromatic rings. The Labute approximate surface area is 153 Å². The highest BCUT2D eigenvalue weighted by Crippen LogP contribution is 2.19. The van der Waals surface area contributed by atoms with E-state index in [4.69, 9.17) is 0 Å². The number of pyridine rings is 1. The SMILES string of the molecule is Cc1cccc(S(=O)(=O)NCCc2cc3ccc(C)c(C)c3[nH]c2=O)c1. The molecule has 0 bridgehead atoms. The smallest absolute Gasteiger partial charge is 0.251 e. The van der Waals surface area contributed by atoms with E-state index in [0.717, 1.165) is 27.6 Å². The minimum absolute atomic E-state index is 0.162. The molecule has 6 heteroatoms. The van der Waals surface area contributed by atoms with Gasteiger partial charge in [-0.3, -0.25) is 4.79 Å². The zero-order valence-electron chi connectivity index (χ0n) is 15.1. The van der Waals surface area contributed by atoms with Gasteiger partial charge in [-0.1, -0.05) is 24.3 Å². The highest BCUT2D eigenvalue weighted by molar-refractivity contribution is 7.89. The van der Waals surface area contributed by atoms with E-state index in [1.54, 1.807) is 18.2 Å². The van der Waals surface area contributed by atoms with E-state index >= 15 is 0 Å². The lowest BCUT2D eigenvalue weighted by atomic mass is 10.0. The first-order chi connectivity index (χ1) is 12.3. The van der Waals surface area contributed by atoms with E-state index in [1.807, 2.05) is 45.0 Å². The first-order valence-corrected chi connectivity index (χ1v) is 9.95.